The Bertz CT molecular complexity index is 811. The van der Waals surface area contributed by atoms with Crippen LogP contribution in [0, 0.1) is 0 Å². The summed E-state index contributed by atoms with van der Waals surface area (Å²) in [6.45, 7) is -0.0453. The van der Waals surface area contributed by atoms with Gasteiger partial charge in [0, 0.05) is 12.1 Å². The van der Waals surface area contributed by atoms with Crippen LogP contribution in [0.25, 0.3) is 22.6 Å². The minimum atomic E-state index is -0.411. The highest BCUT2D eigenvalue weighted by Crippen LogP contribution is 2.35. The van der Waals surface area contributed by atoms with Gasteiger partial charge in [-0.2, -0.15) is 0 Å². The minimum Gasteiger partial charge on any atom is -0.472 e. The third-order valence-electron chi connectivity index (χ3n) is 3.23. The van der Waals surface area contributed by atoms with Crippen molar-refractivity contribution in [1.82, 2.24) is 10.5 Å². The number of aliphatic hydroxyl groups excluding tert-OH is 1. The van der Waals surface area contributed by atoms with E-state index in [0.29, 0.717) is 21.8 Å². The molecule has 7 heteroatoms. The summed E-state index contributed by atoms with van der Waals surface area (Å²) in [6.07, 6.45) is 2.93. The van der Waals surface area contributed by atoms with E-state index in [1.807, 2.05) is 0 Å². The van der Waals surface area contributed by atoms with Gasteiger partial charge in [-0.3, -0.25) is 4.79 Å². The smallest absolute Gasteiger partial charge is 0.257 e. The van der Waals surface area contributed by atoms with Crippen LogP contribution >= 0.6 is 11.6 Å². The quantitative estimate of drug-likeness (QED) is 0.749. The van der Waals surface area contributed by atoms with E-state index in [9.17, 15) is 4.79 Å². The van der Waals surface area contributed by atoms with Crippen LogP contribution in [0.2, 0.25) is 5.02 Å². The second kappa shape index (κ2) is 6.68. The SMILES string of the molecule is O=C(NCCO)c1c(-c2ccccc2Cl)noc1-c1ccoc1. The van der Waals surface area contributed by atoms with Crippen molar-refractivity contribution in [2.75, 3.05) is 13.2 Å². The van der Waals surface area contributed by atoms with Crippen molar-refractivity contribution in [2.24, 2.45) is 0 Å². The first-order chi connectivity index (χ1) is 11.2. The average Bonchev–Trinajstić information content (AvgIpc) is 3.21. The second-order valence-corrected chi connectivity index (χ2v) is 5.11. The van der Waals surface area contributed by atoms with Crippen LogP contribution in [0.15, 0.2) is 51.8 Å². The van der Waals surface area contributed by atoms with E-state index in [2.05, 4.69) is 10.5 Å². The van der Waals surface area contributed by atoms with E-state index in [0.717, 1.165) is 0 Å². The van der Waals surface area contributed by atoms with Gasteiger partial charge >= 0.3 is 0 Å². The number of amides is 1. The summed E-state index contributed by atoms with van der Waals surface area (Å²) in [7, 11) is 0. The fourth-order valence-electron chi connectivity index (χ4n) is 2.19. The maximum Gasteiger partial charge on any atom is 0.257 e. The molecule has 1 aromatic carbocycles. The zero-order chi connectivity index (χ0) is 16.2. The van der Waals surface area contributed by atoms with Crippen molar-refractivity contribution in [3.05, 3.63) is 53.4 Å². The summed E-state index contributed by atoms with van der Waals surface area (Å²) in [4.78, 5) is 12.5. The molecule has 3 aromatic rings. The molecule has 0 radical (unpaired) electrons. The van der Waals surface area contributed by atoms with E-state index in [4.69, 9.17) is 25.6 Å². The van der Waals surface area contributed by atoms with Gasteiger partial charge in [-0.15, -0.1) is 0 Å². The van der Waals surface area contributed by atoms with Gasteiger partial charge in [-0.25, -0.2) is 0 Å². The number of furan rings is 1. The van der Waals surface area contributed by atoms with Gasteiger partial charge in [0.1, 0.15) is 17.5 Å². The molecule has 0 aliphatic rings. The van der Waals surface area contributed by atoms with Crippen LogP contribution in [0.5, 0.6) is 0 Å². The molecular formula is C16H13ClN2O4. The lowest BCUT2D eigenvalue weighted by atomic mass is 10.0. The van der Waals surface area contributed by atoms with Gasteiger partial charge in [0.05, 0.1) is 23.5 Å². The molecule has 2 heterocycles. The lowest BCUT2D eigenvalue weighted by molar-refractivity contribution is 0.0945. The molecule has 3 rings (SSSR count). The number of nitrogens with zero attached hydrogens (tertiary/aromatic N) is 1. The molecule has 2 N–H and O–H groups in total. The highest BCUT2D eigenvalue weighted by atomic mass is 35.5. The van der Waals surface area contributed by atoms with Crippen molar-refractivity contribution in [1.29, 1.82) is 0 Å². The Morgan fingerprint density at radius 2 is 2.13 bits per heavy atom. The number of nitrogens with one attached hydrogen (secondary N) is 1. The Morgan fingerprint density at radius 3 is 2.83 bits per heavy atom. The Balaban J connectivity index is 2.13. The first kappa shape index (κ1) is 15.3. The average molecular weight is 333 g/mol. The van der Waals surface area contributed by atoms with Crippen molar-refractivity contribution < 1.29 is 18.8 Å². The van der Waals surface area contributed by atoms with Crippen molar-refractivity contribution in [3.8, 4) is 22.6 Å². The number of rotatable bonds is 5. The summed E-state index contributed by atoms with van der Waals surface area (Å²) >= 11 is 6.20. The van der Waals surface area contributed by atoms with E-state index in [1.165, 1.54) is 12.5 Å². The van der Waals surface area contributed by atoms with Crippen LogP contribution in [0.1, 0.15) is 10.4 Å². The number of aliphatic hydroxyl groups is 1. The molecule has 118 valence electrons. The molecule has 1 amide bonds. The zero-order valence-corrected chi connectivity index (χ0v) is 12.7. The zero-order valence-electron chi connectivity index (χ0n) is 12.0. The topological polar surface area (TPSA) is 88.5 Å². The van der Waals surface area contributed by atoms with Gasteiger partial charge in [-0.05, 0) is 12.1 Å². The second-order valence-electron chi connectivity index (χ2n) is 4.71. The molecule has 0 aliphatic heterocycles. The van der Waals surface area contributed by atoms with Crippen LogP contribution in [0.4, 0.5) is 0 Å². The van der Waals surface area contributed by atoms with Gasteiger partial charge in [0.2, 0.25) is 0 Å². The molecule has 23 heavy (non-hydrogen) atoms. The number of carbonyl (C=O) groups excluding carboxylic acids is 1. The van der Waals surface area contributed by atoms with Crippen LogP contribution < -0.4 is 5.32 Å². The van der Waals surface area contributed by atoms with Crippen molar-refractivity contribution in [2.45, 2.75) is 0 Å². The fourth-order valence-corrected chi connectivity index (χ4v) is 2.41. The molecule has 0 unspecified atom stereocenters. The molecule has 0 saturated carbocycles. The van der Waals surface area contributed by atoms with Crippen LogP contribution in [-0.2, 0) is 0 Å². The molecule has 6 nitrogen and oxygen atoms in total. The van der Waals surface area contributed by atoms with E-state index >= 15 is 0 Å². The molecular weight excluding hydrogens is 320 g/mol. The molecule has 0 saturated heterocycles. The number of aromatic nitrogens is 1. The molecule has 0 atom stereocenters. The Hall–Kier alpha value is -2.57. The normalized spacial score (nSPS) is 10.7. The molecule has 0 aliphatic carbocycles. The molecule has 0 fully saturated rings. The highest BCUT2D eigenvalue weighted by molar-refractivity contribution is 6.33. The van der Waals surface area contributed by atoms with Gasteiger partial charge in [-0.1, -0.05) is 35.0 Å². The first-order valence-electron chi connectivity index (χ1n) is 6.88. The van der Waals surface area contributed by atoms with Gasteiger partial charge < -0.3 is 19.4 Å². The predicted molar refractivity (Wildman–Crippen MR) is 84.1 cm³/mol. The Labute approximate surface area is 136 Å². The van der Waals surface area contributed by atoms with E-state index in [-0.39, 0.29) is 24.5 Å². The number of halogens is 1. The van der Waals surface area contributed by atoms with Gasteiger partial charge in [0.25, 0.3) is 5.91 Å². The van der Waals surface area contributed by atoms with Gasteiger partial charge in [0.15, 0.2) is 5.76 Å². The monoisotopic (exact) mass is 332 g/mol. The number of hydrogen-bond donors (Lipinski definition) is 2. The number of hydrogen-bond acceptors (Lipinski definition) is 5. The maximum absolute atomic E-state index is 12.5. The van der Waals surface area contributed by atoms with Crippen LogP contribution in [-0.4, -0.2) is 29.3 Å². The highest BCUT2D eigenvalue weighted by Gasteiger charge is 2.26. The largest absolute Gasteiger partial charge is 0.472 e. The summed E-state index contributed by atoms with van der Waals surface area (Å²) in [6, 6.07) is 8.71. The molecule has 0 bridgehead atoms. The summed E-state index contributed by atoms with van der Waals surface area (Å²) in [5, 5.41) is 16.0. The maximum atomic E-state index is 12.5. The standard InChI is InChI=1S/C16H13ClN2O4/c17-12-4-2-1-3-11(12)14-13(16(21)18-6-7-20)15(23-19-14)10-5-8-22-9-10/h1-5,8-9,20H,6-7H2,(H,18,21). The molecule has 2 aromatic heterocycles. The Morgan fingerprint density at radius 1 is 1.30 bits per heavy atom. The summed E-state index contributed by atoms with van der Waals surface area (Å²) in [5.74, 6) is -0.129. The van der Waals surface area contributed by atoms with E-state index < -0.39 is 5.91 Å². The fraction of sp³-hybridized carbons (Fsp3) is 0.125. The Kier molecular flexibility index (Phi) is 4.45. The number of benzene rings is 1. The summed E-state index contributed by atoms with van der Waals surface area (Å²) in [5.41, 5.74) is 1.75. The van der Waals surface area contributed by atoms with Crippen molar-refractivity contribution >= 4 is 17.5 Å². The van der Waals surface area contributed by atoms with E-state index in [1.54, 1.807) is 30.3 Å². The van der Waals surface area contributed by atoms with Crippen LogP contribution in [0.3, 0.4) is 0 Å². The lowest BCUT2D eigenvalue weighted by Crippen LogP contribution is -2.27. The first-order valence-corrected chi connectivity index (χ1v) is 7.26. The predicted octanol–water partition coefficient (Wildman–Crippen LogP) is 2.98. The minimum absolute atomic E-state index is 0.122. The third-order valence-corrected chi connectivity index (χ3v) is 3.56. The number of carbonyl (C=O) groups is 1. The van der Waals surface area contributed by atoms with Crippen molar-refractivity contribution in [3.63, 3.8) is 0 Å². The lowest BCUT2D eigenvalue weighted by Gasteiger charge is -2.06. The third kappa shape index (κ3) is 2.99. The molecule has 0 spiro atoms. The summed E-state index contributed by atoms with van der Waals surface area (Å²) < 4.78 is 10.4.